The molecule has 1 aliphatic rings. The van der Waals surface area contributed by atoms with Gasteiger partial charge in [-0.15, -0.1) is 0 Å². The van der Waals surface area contributed by atoms with Crippen LogP contribution in [0.5, 0.6) is 0 Å². The second-order valence-electron chi connectivity index (χ2n) is 5.26. The molecule has 106 valence electrons. The van der Waals surface area contributed by atoms with Crippen LogP contribution in [0.4, 0.5) is 5.69 Å². The lowest BCUT2D eigenvalue weighted by molar-refractivity contribution is -0.110. The van der Waals surface area contributed by atoms with Crippen LogP contribution >= 0.6 is 0 Å². The van der Waals surface area contributed by atoms with Gasteiger partial charge >= 0.3 is 0 Å². The zero-order valence-corrected chi connectivity index (χ0v) is 11.8. The average Bonchev–Trinajstić information content (AvgIpc) is 3.17. The molecule has 1 amide bonds. The summed E-state index contributed by atoms with van der Waals surface area (Å²) in [6, 6.07) is 20.1. The average molecular weight is 286 g/mol. The van der Waals surface area contributed by atoms with Crippen molar-refractivity contribution >= 4 is 23.2 Å². The van der Waals surface area contributed by atoms with Crippen LogP contribution in [0, 0.1) is 0 Å². The first-order valence-corrected chi connectivity index (χ1v) is 7.17. The number of carbonyl (C=O) groups is 1. The van der Waals surface area contributed by atoms with Crippen molar-refractivity contribution in [3.05, 3.63) is 78.1 Å². The molecule has 2 aromatic carbocycles. The van der Waals surface area contributed by atoms with Gasteiger partial charge in [0.2, 0.25) is 0 Å². The van der Waals surface area contributed by atoms with Gasteiger partial charge in [-0.1, -0.05) is 42.5 Å². The predicted molar refractivity (Wildman–Crippen MR) is 89.2 cm³/mol. The minimum Gasteiger partial charge on any atom is -0.362 e. The molecule has 1 aliphatic heterocycles. The molecule has 0 aliphatic carbocycles. The number of aromatic amines is 1. The molecule has 0 bridgehead atoms. The van der Waals surface area contributed by atoms with Crippen molar-refractivity contribution < 1.29 is 4.79 Å². The summed E-state index contributed by atoms with van der Waals surface area (Å²) in [5.74, 6) is -0.0604. The molecule has 0 saturated carbocycles. The summed E-state index contributed by atoms with van der Waals surface area (Å²) in [6.07, 6.45) is 3.72. The molecule has 0 fully saturated rings. The molecule has 3 heteroatoms. The highest BCUT2D eigenvalue weighted by atomic mass is 16.2. The minimum atomic E-state index is -0.0604. The van der Waals surface area contributed by atoms with Crippen molar-refractivity contribution in [3.8, 4) is 11.1 Å². The van der Waals surface area contributed by atoms with Crippen LogP contribution in [0.3, 0.4) is 0 Å². The van der Waals surface area contributed by atoms with Crippen LogP contribution in [0.25, 0.3) is 22.8 Å². The summed E-state index contributed by atoms with van der Waals surface area (Å²) >= 11 is 0. The fourth-order valence-electron chi connectivity index (χ4n) is 2.74. The van der Waals surface area contributed by atoms with Crippen molar-refractivity contribution in [1.29, 1.82) is 0 Å². The second kappa shape index (κ2) is 5.04. The van der Waals surface area contributed by atoms with E-state index in [2.05, 4.69) is 28.5 Å². The van der Waals surface area contributed by atoms with E-state index in [1.165, 1.54) is 0 Å². The number of rotatable bonds is 2. The monoisotopic (exact) mass is 286 g/mol. The van der Waals surface area contributed by atoms with Gasteiger partial charge in [0.1, 0.15) is 0 Å². The van der Waals surface area contributed by atoms with E-state index in [1.54, 1.807) is 0 Å². The van der Waals surface area contributed by atoms with Crippen LogP contribution in [0.1, 0.15) is 11.3 Å². The Morgan fingerprint density at radius 2 is 1.73 bits per heavy atom. The molecule has 0 atom stereocenters. The van der Waals surface area contributed by atoms with Gasteiger partial charge in [-0.3, -0.25) is 4.79 Å². The lowest BCUT2D eigenvalue weighted by atomic mass is 10.00. The zero-order chi connectivity index (χ0) is 14.9. The lowest BCUT2D eigenvalue weighted by Crippen LogP contribution is -2.03. The number of anilines is 1. The lowest BCUT2D eigenvalue weighted by Gasteiger charge is -2.04. The number of H-pyrrole nitrogens is 1. The maximum atomic E-state index is 12.2. The van der Waals surface area contributed by atoms with Crippen molar-refractivity contribution in [2.24, 2.45) is 0 Å². The van der Waals surface area contributed by atoms with Crippen LogP contribution < -0.4 is 5.32 Å². The molecule has 3 aromatic rings. The minimum absolute atomic E-state index is 0.0604. The standard InChI is InChI=1S/C19H14N2O/c22-19-17(12-15-7-4-10-20-15)16-9-8-14(11-18(16)21-19)13-5-2-1-3-6-13/h1-12,20H,(H,21,22). The maximum Gasteiger partial charge on any atom is 0.256 e. The van der Waals surface area contributed by atoms with Gasteiger partial charge in [0.15, 0.2) is 0 Å². The van der Waals surface area contributed by atoms with Crippen LogP contribution in [0.2, 0.25) is 0 Å². The number of amides is 1. The highest BCUT2D eigenvalue weighted by Gasteiger charge is 2.24. The number of nitrogens with one attached hydrogen (secondary N) is 2. The quantitative estimate of drug-likeness (QED) is 0.682. The summed E-state index contributed by atoms with van der Waals surface area (Å²) in [7, 11) is 0. The Morgan fingerprint density at radius 1 is 0.864 bits per heavy atom. The zero-order valence-electron chi connectivity index (χ0n) is 11.8. The number of hydrogen-bond acceptors (Lipinski definition) is 1. The Kier molecular flexibility index (Phi) is 2.90. The first-order chi connectivity index (χ1) is 10.8. The molecule has 22 heavy (non-hydrogen) atoms. The molecule has 3 nitrogen and oxygen atoms in total. The van der Waals surface area contributed by atoms with E-state index in [1.807, 2.05) is 54.7 Å². The highest BCUT2D eigenvalue weighted by molar-refractivity contribution is 6.35. The molecular weight excluding hydrogens is 272 g/mol. The summed E-state index contributed by atoms with van der Waals surface area (Å²) in [5.41, 5.74) is 5.66. The number of hydrogen-bond donors (Lipinski definition) is 2. The third-order valence-corrected chi connectivity index (χ3v) is 3.83. The molecule has 0 radical (unpaired) electrons. The maximum absolute atomic E-state index is 12.2. The van der Waals surface area contributed by atoms with E-state index >= 15 is 0 Å². The fraction of sp³-hybridized carbons (Fsp3) is 0. The van der Waals surface area contributed by atoms with E-state index in [0.717, 1.165) is 28.1 Å². The Hall–Kier alpha value is -3.07. The number of carbonyl (C=O) groups excluding carboxylic acids is 1. The van der Waals surface area contributed by atoms with Gasteiger partial charge in [0.25, 0.3) is 5.91 Å². The highest BCUT2D eigenvalue weighted by Crippen LogP contribution is 2.36. The Balaban J connectivity index is 1.78. The van der Waals surface area contributed by atoms with Crippen molar-refractivity contribution in [3.63, 3.8) is 0 Å². The van der Waals surface area contributed by atoms with Gasteiger partial charge in [-0.2, -0.15) is 0 Å². The molecule has 0 unspecified atom stereocenters. The Bertz CT molecular complexity index is 862. The second-order valence-corrected chi connectivity index (χ2v) is 5.26. The molecule has 0 saturated heterocycles. The summed E-state index contributed by atoms with van der Waals surface area (Å²) < 4.78 is 0. The van der Waals surface area contributed by atoms with Gasteiger partial charge in [0, 0.05) is 23.1 Å². The Labute approximate surface area is 128 Å². The smallest absolute Gasteiger partial charge is 0.256 e. The molecule has 2 heterocycles. The first-order valence-electron chi connectivity index (χ1n) is 7.17. The summed E-state index contributed by atoms with van der Waals surface area (Å²) in [5, 5.41) is 2.95. The van der Waals surface area contributed by atoms with Crippen LogP contribution in [0.15, 0.2) is 66.9 Å². The number of benzene rings is 2. The summed E-state index contributed by atoms with van der Waals surface area (Å²) in [4.78, 5) is 15.3. The van der Waals surface area contributed by atoms with Gasteiger partial charge in [0.05, 0.1) is 5.57 Å². The fourth-order valence-corrected chi connectivity index (χ4v) is 2.74. The third-order valence-electron chi connectivity index (χ3n) is 3.83. The van der Waals surface area contributed by atoms with Crippen molar-refractivity contribution in [1.82, 2.24) is 4.98 Å². The third kappa shape index (κ3) is 2.13. The number of fused-ring (bicyclic) bond motifs is 1. The molecule has 4 rings (SSSR count). The molecular formula is C19H14N2O. The Morgan fingerprint density at radius 3 is 2.50 bits per heavy atom. The topological polar surface area (TPSA) is 44.9 Å². The predicted octanol–water partition coefficient (Wildman–Crippen LogP) is 4.17. The first kappa shape index (κ1) is 12.7. The van der Waals surface area contributed by atoms with Crippen molar-refractivity contribution in [2.75, 3.05) is 5.32 Å². The van der Waals surface area contributed by atoms with Gasteiger partial charge in [-0.05, 0) is 35.4 Å². The van der Waals surface area contributed by atoms with E-state index in [4.69, 9.17) is 0 Å². The van der Waals surface area contributed by atoms with Crippen LogP contribution in [-0.2, 0) is 4.79 Å². The van der Waals surface area contributed by atoms with Gasteiger partial charge < -0.3 is 10.3 Å². The largest absolute Gasteiger partial charge is 0.362 e. The summed E-state index contributed by atoms with van der Waals surface area (Å²) in [6.45, 7) is 0. The van der Waals surface area contributed by atoms with Crippen LogP contribution in [-0.4, -0.2) is 10.9 Å². The SMILES string of the molecule is O=C1Nc2cc(-c3ccccc3)ccc2C1=Cc1ccc[nH]1. The van der Waals surface area contributed by atoms with E-state index in [9.17, 15) is 4.79 Å². The van der Waals surface area contributed by atoms with E-state index < -0.39 is 0 Å². The normalized spacial score (nSPS) is 14.9. The molecule has 2 N–H and O–H groups in total. The molecule has 1 aromatic heterocycles. The molecule has 0 spiro atoms. The van der Waals surface area contributed by atoms with Gasteiger partial charge in [-0.25, -0.2) is 0 Å². The number of aromatic nitrogens is 1. The van der Waals surface area contributed by atoms with Crippen molar-refractivity contribution in [2.45, 2.75) is 0 Å². The van der Waals surface area contributed by atoms with E-state index in [-0.39, 0.29) is 5.91 Å². The van der Waals surface area contributed by atoms with E-state index in [0.29, 0.717) is 5.57 Å².